The fraction of sp³-hybridized carbons (Fsp3) is 0.235. The van der Waals surface area contributed by atoms with Crippen LogP contribution in [0.2, 0.25) is 5.02 Å². The molecular weight excluding hydrogens is 351 g/mol. The second kappa shape index (κ2) is 8.43. The Morgan fingerprint density at radius 2 is 1.80 bits per heavy atom. The van der Waals surface area contributed by atoms with Gasteiger partial charge >= 0.3 is 5.97 Å². The zero-order chi connectivity index (χ0) is 18.4. The SMILES string of the molecule is C[C@H](OC(=O)[C@H](C)Oc1ccc(F)cc1)C(=O)Nc1ccc(Cl)cn1. The second-order valence-electron chi connectivity index (χ2n) is 5.14. The first-order valence-corrected chi connectivity index (χ1v) is 7.78. The van der Waals surface area contributed by atoms with Gasteiger partial charge in [-0.3, -0.25) is 4.79 Å². The van der Waals surface area contributed by atoms with E-state index in [1.165, 1.54) is 50.4 Å². The highest BCUT2D eigenvalue weighted by Crippen LogP contribution is 2.14. The number of halogens is 2. The summed E-state index contributed by atoms with van der Waals surface area (Å²) in [6.07, 6.45) is -0.634. The van der Waals surface area contributed by atoms with E-state index in [4.69, 9.17) is 21.1 Å². The molecule has 0 aliphatic rings. The Morgan fingerprint density at radius 1 is 1.12 bits per heavy atom. The van der Waals surface area contributed by atoms with Crippen molar-refractivity contribution in [2.75, 3.05) is 5.32 Å². The fourth-order valence-electron chi connectivity index (χ4n) is 1.77. The van der Waals surface area contributed by atoms with E-state index in [0.29, 0.717) is 10.8 Å². The number of hydrogen-bond acceptors (Lipinski definition) is 5. The minimum atomic E-state index is -1.05. The minimum Gasteiger partial charge on any atom is -0.479 e. The molecule has 2 aromatic rings. The summed E-state index contributed by atoms with van der Waals surface area (Å²) in [7, 11) is 0. The number of rotatable bonds is 6. The van der Waals surface area contributed by atoms with Gasteiger partial charge in [-0.2, -0.15) is 0 Å². The fourth-order valence-corrected chi connectivity index (χ4v) is 1.88. The van der Waals surface area contributed by atoms with Gasteiger partial charge in [0, 0.05) is 6.20 Å². The number of carbonyl (C=O) groups is 2. The smallest absolute Gasteiger partial charge is 0.347 e. The summed E-state index contributed by atoms with van der Waals surface area (Å²) in [6.45, 7) is 2.89. The first kappa shape index (κ1) is 18.7. The zero-order valence-electron chi connectivity index (χ0n) is 13.5. The van der Waals surface area contributed by atoms with Gasteiger partial charge in [-0.1, -0.05) is 11.6 Å². The van der Waals surface area contributed by atoms with Gasteiger partial charge in [-0.25, -0.2) is 14.2 Å². The van der Waals surface area contributed by atoms with Crippen LogP contribution >= 0.6 is 11.6 Å². The van der Waals surface area contributed by atoms with Crippen molar-refractivity contribution < 1.29 is 23.5 Å². The number of carbonyl (C=O) groups excluding carboxylic acids is 2. The Morgan fingerprint density at radius 3 is 2.40 bits per heavy atom. The standard InChI is InChI=1S/C17H16ClFN2O4/c1-10(16(22)21-15-8-3-12(18)9-20-15)25-17(23)11(2)24-14-6-4-13(19)5-7-14/h3-11H,1-2H3,(H,20,21,22)/t10-,11-/m0/s1. The number of nitrogens with zero attached hydrogens (tertiary/aromatic N) is 1. The van der Waals surface area contributed by atoms with E-state index in [0.717, 1.165) is 0 Å². The Labute approximate surface area is 148 Å². The number of nitrogens with one attached hydrogen (secondary N) is 1. The molecule has 1 aromatic heterocycles. The van der Waals surface area contributed by atoms with Gasteiger partial charge in [-0.05, 0) is 50.2 Å². The molecule has 0 bridgehead atoms. The van der Waals surface area contributed by atoms with Gasteiger partial charge in [0.05, 0.1) is 5.02 Å². The summed E-state index contributed by atoms with van der Waals surface area (Å²) in [5.41, 5.74) is 0. The number of aromatic nitrogens is 1. The number of benzene rings is 1. The molecule has 0 aliphatic heterocycles. The van der Waals surface area contributed by atoms with Crippen LogP contribution in [0.15, 0.2) is 42.6 Å². The van der Waals surface area contributed by atoms with Gasteiger partial charge in [0.25, 0.3) is 5.91 Å². The summed E-state index contributed by atoms with van der Waals surface area (Å²) >= 11 is 5.71. The largest absolute Gasteiger partial charge is 0.479 e. The van der Waals surface area contributed by atoms with Crippen molar-refractivity contribution in [1.82, 2.24) is 4.98 Å². The maximum absolute atomic E-state index is 12.8. The number of hydrogen-bond donors (Lipinski definition) is 1. The maximum atomic E-state index is 12.8. The lowest BCUT2D eigenvalue weighted by molar-refractivity contribution is -0.159. The molecule has 1 amide bonds. The molecule has 0 aliphatic carbocycles. The number of anilines is 1. The molecule has 0 saturated carbocycles. The maximum Gasteiger partial charge on any atom is 0.347 e. The highest BCUT2D eigenvalue weighted by molar-refractivity contribution is 6.30. The van der Waals surface area contributed by atoms with Crippen molar-refractivity contribution in [2.45, 2.75) is 26.1 Å². The van der Waals surface area contributed by atoms with E-state index in [1.54, 1.807) is 6.07 Å². The van der Waals surface area contributed by atoms with E-state index in [1.807, 2.05) is 0 Å². The average molecular weight is 367 g/mol. The topological polar surface area (TPSA) is 77.5 Å². The van der Waals surface area contributed by atoms with Crippen LogP contribution < -0.4 is 10.1 Å². The number of ether oxygens (including phenoxy) is 2. The Bertz CT molecular complexity index is 737. The third kappa shape index (κ3) is 5.72. The van der Waals surface area contributed by atoms with Crippen molar-refractivity contribution in [3.05, 3.63) is 53.4 Å². The lowest BCUT2D eigenvalue weighted by Gasteiger charge is -2.17. The quantitative estimate of drug-likeness (QED) is 0.794. The summed E-state index contributed by atoms with van der Waals surface area (Å²) in [5, 5.41) is 2.94. The van der Waals surface area contributed by atoms with E-state index in [9.17, 15) is 14.0 Å². The third-order valence-corrected chi connectivity index (χ3v) is 3.32. The first-order chi connectivity index (χ1) is 11.8. The van der Waals surface area contributed by atoms with Crippen molar-refractivity contribution >= 4 is 29.3 Å². The molecule has 1 heterocycles. The van der Waals surface area contributed by atoms with Crippen LogP contribution in [0.5, 0.6) is 5.75 Å². The molecule has 1 aromatic carbocycles. The molecule has 2 rings (SSSR count). The van der Waals surface area contributed by atoms with Crippen LogP contribution in [0.25, 0.3) is 0 Å². The van der Waals surface area contributed by atoms with Gasteiger partial charge in [-0.15, -0.1) is 0 Å². The van der Waals surface area contributed by atoms with Crippen LogP contribution in [-0.2, 0) is 14.3 Å². The van der Waals surface area contributed by atoms with Crippen molar-refractivity contribution in [2.24, 2.45) is 0 Å². The molecule has 25 heavy (non-hydrogen) atoms. The number of amides is 1. The van der Waals surface area contributed by atoms with Gasteiger partial charge in [0.15, 0.2) is 12.2 Å². The van der Waals surface area contributed by atoms with Gasteiger partial charge in [0.1, 0.15) is 17.4 Å². The Hall–Kier alpha value is -2.67. The number of esters is 1. The van der Waals surface area contributed by atoms with E-state index >= 15 is 0 Å². The Balaban J connectivity index is 1.86. The zero-order valence-corrected chi connectivity index (χ0v) is 14.3. The van der Waals surface area contributed by atoms with E-state index in [-0.39, 0.29) is 5.82 Å². The lowest BCUT2D eigenvalue weighted by Crippen LogP contribution is -2.35. The third-order valence-electron chi connectivity index (χ3n) is 3.10. The van der Waals surface area contributed by atoms with Crippen LogP contribution in [0.4, 0.5) is 10.2 Å². The summed E-state index contributed by atoms with van der Waals surface area (Å²) < 4.78 is 23.2. The van der Waals surface area contributed by atoms with Crippen LogP contribution in [0.3, 0.4) is 0 Å². The highest BCUT2D eigenvalue weighted by atomic mass is 35.5. The second-order valence-corrected chi connectivity index (χ2v) is 5.58. The molecule has 2 atom stereocenters. The van der Waals surface area contributed by atoms with Crippen molar-refractivity contribution in [3.8, 4) is 5.75 Å². The molecule has 132 valence electrons. The minimum absolute atomic E-state index is 0.285. The highest BCUT2D eigenvalue weighted by Gasteiger charge is 2.23. The predicted octanol–water partition coefficient (Wildman–Crippen LogP) is 3.21. The van der Waals surface area contributed by atoms with E-state index in [2.05, 4.69) is 10.3 Å². The Kier molecular flexibility index (Phi) is 6.30. The van der Waals surface area contributed by atoms with Crippen LogP contribution in [0.1, 0.15) is 13.8 Å². The molecule has 8 heteroatoms. The summed E-state index contributed by atoms with van der Waals surface area (Å²) in [6, 6.07) is 8.29. The molecule has 0 spiro atoms. The monoisotopic (exact) mass is 366 g/mol. The van der Waals surface area contributed by atoms with E-state index < -0.39 is 29.9 Å². The molecule has 0 radical (unpaired) electrons. The summed E-state index contributed by atoms with van der Waals surface area (Å²) in [5.74, 6) is -1.09. The van der Waals surface area contributed by atoms with Crippen molar-refractivity contribution in [3.63, 3.8) is 0 Å². The molecule has 0 saturated heterocycles. The van der Waals surface area contributed by atoms with Gasteiger partial charge in [0.2, 0.25) is 0 Å². The molecule has 1 N–H and O–H groups in total. The normalized spacial score (nSPS) is 12.8. The first-order valence-electron chi connectivity index (χ1n) is 7.40. The molecular formula is C17H16ClFN2O4. The average Bonchev–Trinajstić information content (AvgIpc) is 2.58. The lowest BCUT2D eigenvalue weighted by atomic mass is 10.3. The molecule has 0 unspecified atom stereocenters. The van der Waals surface area contributed by atoms with Crippen molar-refractivity contribution in [1.29, 1.82) is 0 Å². The summed E-state index contributed by atoms with van der Waals surface area (Å²) in [4.78, 5) is 27.9. The molecule has 0 fully saturated rings. The molecule has 6 nitrogen and oxygen atoms in total. The van der Waals surface area contributed by atoms with Crippen LogP contribution in [0, 0.1) is 5.82 Å². The number of pyridine rings is 1. The van der Waals surface area contributed by atoms with Crippen LogP contribution in [-0.4, -0.2) is 29.1 Å². The predicted molar refractivity (Wildman–Crippen MR) is 89.9 cm³/mol. The van der Waals surface area contributed by atoms with Gasteiger partial charge < -0.3 is 14.8 Å².